The number of ether oxygens (including phenoxy) is 2. The molecule has 0 heterocycles. The highest BCUT2D eigenvalue weighted by molar-refractivity contribution is 5.84. The summed E-state index contributed by atoms with van der Waals surface area (Å²) in [5.74, 6) is 1.00. The van der Waals surface area contributed by atoms with Gasteiger partial charge in [-0.25, -0.2) is 4.99 Å². The number of amides is 1. The first-order valence-electron chi connectivity index (χ1n) is 8.44. The number of hydrogen-bond donors (Lipinski definition) is 3. The van der Waals surface area contributed by atoms with Crippen LogP contribution in [-0.2, 0) is 14.3 Å². The molecule has 1 amide bonds. The second-order valence-corrected chi connectivity index (χ2v) is 5.49. The average Bonchev–Trinajstić information content (AvgIpc) is 2.51. The highest BCUT2D eigenvalue weighted by atomic mass is 16.5. The van der Waals surface area contributed by atoms with Crippen molar-refractivity contribution in [2.24, 2.45) is 10.9 Å². The lowest BCUT2D eigenvalue weighted by atomic mass is 10.0. The van der Waals surface area contributed by atoms with Gasteiger partial charge in [0.2, 0.25) is 5.91 Å². The van der Waals surface area contributed by atoms with Gasteiger partial charge in [-0.1, -0.05) is 13.8 Å². The van der Waals surface area contributed by atoms with Crippen molar-refractivity contribution in [3.8, 4) is 0 Å². The third-order valence-electron chi connectivity index (χ3n) is 3.20. The number of rotatable bonds is 12. The summed E-state index contributed by atoms with van der Waals surface area (Å²) in [7, 11) is 1.60. The Morgan fingerprint density at radius 1 is 1.13 bits per heavy atom. The molecule has 0 spiro atoms. The van der Waals surface area contributed by atoms with E-state index < -0.39 is 0 Å². The SMILES string of the molecule is CCNC(=NCC(=O)NCCOC)NCCC(OCC)C(C)C. The fourth-order valence-corrected chi connectivity index (χ4v) is 2.00. The Balaban J connectivity index is 4.22. The summed E-state index contributed by atoms with van der Waals surface area (Å²) in [6.07, 6.45) is 1.13. The van der Waals surface area contributed by atoms with Crippen molar-refractivity contribution < 1.29 is 14.3 Å². The fraction of sp³-hybridized carbons (Fsp3) is 0.875. The Bertz CT molecular complexity index is 335. The molecule has 0 aromatic rings. The summed E-state index contributed by atoms with van der Waals surface area (Å²) < 4.78 is 10.6. The molecule has 136 valence electrons. The summed E-state index contributed by atoms with van der Waals surface area (Å²) in [6, 6.07) is 0. The van der Waals surface area contributed by atoms with E-state index in [0.29, 0.717) is 25.0 Å². The van der Waals surface area contributed by atoms with E-state index in [9.17, 15) is 4.79 Å². The number of carbonyl (C=O) groups is 1. The van der Waals surface area contributed by atoms with Gasteiger partial charge in [-0.3, -0.25) is 4.79 Å². The molecule has 0 radical (unpaired) electrons. The third-order valence-corrected chi connectivity index (χ3v) is 3.20. The molecule has 3 N–H and O–H groups in total. The molecule has 23 heavy (non-hydrogen) atoms. The topological polar surface area (TPSA) is 84.0 Å². The van der Waals surface area contributed by atoms with Crippen molar-refractivity contribution in [3.63, 3.8) is 0 Å². The molecule has 7 heteroatoms. The number of methoxy groups -OCH3 is 1. The van der Waals surface area contributed by atoms with Crippen molar-refractivity contribution in [1.29, 1.82) is 0 Å². The van der Waals surface area contributed by atoms with Crippen LogP contribution in [-0.4, -0.2) is 64.5 Å². The zero-order valence-corrected chi connectivity index (χ0v) is 15.3. The van der Waals surface area contributed by atoms with Crippen LogP contribution in [0.4, 0.5) is 0 Å². The van der Waals surface area contributed by atoms with Crippen molar-refractivity contribution in [3.05, 3.63) is 0 Å². The van der Waals surface area contributed by atoms with Crippen molar-refractivity contribution in [2.75, 3.05) is 46.5 Å². The van der Waals surface area contributed by atoms with Crippen LogP contribution in [0, 0.1) is 5.92 Å². The first kappa shape index (κ1) is 21.7. The van der Waals surface area contributed by atoms with Gasteiger partial charge in [0.05, 0.1) is 12.7 Å². The minimum atomic E-state index is -0.117. The maximum Gasteiger partial charge on any atom is 0.241 e. The standard InChI is InChI=1S/C16H34N4O3/c1-6-17-16(20-12-15(21)18-10-11-22-5)19-9-8-14(13(3)4)23-7-2/h13-14H,6-12H2,1-5H3,(H,18,21)(H2,17,19,20). The van der Waals surface area contributed by atoms with E-state index in [2.05, 4.69) is 34.8 Å². The number of aliphatic imine (C=N–C) groups is 1. The van der Waals surface area contributed by atoms with E-state index in [0.717, 1.165) is 26.1 Å². The molecule has 1 unspecified atom stereocenters. The molecule has 0 aliphatic rings. The van der Waals surface area contributed by atoms with Crippen LogP contribution < -0.4 is 16.0 Å². The lowest BCUT2D eigenvalue weighted by Crippen LogP contribution is -2.40. The summed E-state index contributed by atoms with van der Waals surface area (Å²) in [5.41, 5.74) is 0. The molecule has 7 nitrogen and oxygen atoms in total. The Morgan fingerprint density at radius 2 is 1.87 bits per heavy atom. The largest absolute Gasteiger partial charge is 0.383 e. The van der Waals surface area contributed by atoms with Crippen LogP contribution in [0.1, 0.15) is 34.1 Å². The molecule has 0 aromatic heterocycles. The predicted octanol–water partition coefficient (Wildman–Crippen LogP) is 0.755. The van der Waals surface area contributed by atoms with E-state index >= 15 is 0 Å². The number of nitrogens with zero attached hydrogens (tertiary/aromatic N) is 1. The van der Waals surface area contributed by atoms with Gasteiger partial charge < -0.3 is 25.4 Å². The van der Waals surface area contributed by atoms with Crippen LogP contribution in [0.15, 0.2) is 4.99 Å². The van der Waals surface area contributed by atoms with Crippen LogP contribution >= 0.6 is 0 Å². The quantitative estimate of drug-likeness (QED) is 0.279. The summed E-state index contributed by atoms with van der Waals surface area (Å²) in [5, 5.41) is 9.12. The second-order valence-electron chi connectivity index (χ2n) is 5.49. The second kappa shape index (κ2) is 14.3. The molecular formula is C16H34N4O3. The molecule has 1 atom stereocenters. The molecule has 0 saturated carbocycles. The summed E-state index contributed by atoms with van der Waals surface area (Å²) in [4.78, 5) is 15.9. The summed E-state index contributed by atoms with van der Waals surface area (Å²) >= 11 is 0. The lowest BCUT2D eigenvalue weighted by molar-refractivity contribution is -0.119. The zero-order chi connectivity index (χ0) is 17.5. The molecule has 0 aliphatic heterocycles. The molecule has 0 saturated heterocycles. The zero-order valence-electron chi connectivity index (χ0n) is 15.3. The Labute approximate surface area is 140 Å². The van der Waals surface area contributed by atoms with Crippen LogP contribution in [0.25, 0.3) is 0 Å². The van der Waals surface area contributed by atoms with Gasteiger partial charge in [-0.2, -0.15) is 0 Å². The maximum atomic E-state index is 11.6. The van der Waals surface area contributed by atoms with Crippen molar-refractivity contribution in [1.82, 2.24) is 16.0 Å². The summed E-state index contributed by atoms with van der Waals surface area (Å²) in [6.45, 7) is 11.6. The van der Waals surface area contributed by atoms with E-state index in [1.54, 1.807) is 7.11 Å². The Kier molecular flexibility index (Phi) is 13.4. The van der Waals surface area contributed by atoms with Crippen molar-refractivity contribution >= 4 is 11.9 Å². The van der Waals surface area contributed by atoms with Gasteiger partial charge in [0, 0.05) is 33.4 Å². The monoisotopic (exact) mass is 330 g/mol. The molecular weight excluding hydrogens is 296 g/mol. The highest BCUT2D eigenvalue weighted by Gasteiger charge is 2.13. The van der Waals surface area contributed by atoms with E-state index in [1.807, 2.05) is 13.8 Å². The molecule has 0 fully saturated rings. The predicted molar refractivity (Wildman–Crippen MR) is 93.7 cm³/mol. The van der Waals surface area contributed by atoms with Gasteiger partial charge in [0.15, 0.2) is 5.96 Å². The highest BCUT2D eigenvalue weighted by Crippen LogP contribution is 2.09. The van der Waals surface area contributed by atoms with Gasteiger partial charge in [-0.05, 0) is 26.2 Å². The fourth-order valence-electron chi connectivity index (χ4n) is 2.00. The lowest BCUT2D eigenvalue weighted by Gasteiger charge is -2.21. The van der Waals surface area contributed by atoms with Crippen LogP contribution in [0.5, 0.6) is 0 Å². The molecule has 0 bridgehead atoms. The minimum absolute atomic E-state index is 0.0954. The molecule has 0 rings (SSSR count). The molecule has 0 aliphatic carbocycles. The van der Waals surface area contributed by atoms with Crippen molar-refractivity contribution in [2.45, 2.75) is 40.2 Å². The van der Waals surface area contributed by atoms with E-state index in [1.165, 1.54) is 0 Å². The van der Waals surface area contributed by atoms with Gasteiger partial charge in [-0.15, -0.1) is 0 Å². The number of hydrogen-bond acceptors (Lipinski definition) is 4. The minimum Gasteiger partial charge on any atom is -0.383 e. The Hall–Kier alpha value is -1.34. The maximum absolute atomic E-state index is 11.6. The molecule has 0 aromatic carbocycles. The smallest absolute Gasteiger partial charge is 0.241 e. The Morgan fingerprint density at radius 3 is 2.43 bits per heavy atom. The van der Waals surface area contributed by atoms with Gasteiger partial charge in [0.1, 0.15) is 6.54 Å². The van der Waals surface area contributed by atoms with Gasteiger partial charge >= 0.3 is 0 Å². The normalized spacial score (nSPS) is 13.0. The number of nitrogens with one attached hydrogen (secondary N) is 3. The third kappa shape index (κ3) is 11.8. The van der Waals surface area contributed by atoms with Crippen LogP contribution in [0.3, 0.4) is 0 Å². The number of carbonyl (C=O) groups excluding carboxylic acids is 1. The van der Waals surface area contributed by atoms with Crippen LogP contribution in [0.2, 0.25) is 0 Å². The first-order chi connectivity index (χ1) is 11.0. The average molecular weight is 330 g/mol. The number of guanidine groups is 1. The van der Waals surface area contributed by atoms with Gasteiger partial charge in [0.25, 0.3) is 0 Å². The van der Waals surface area contributed by atoms with E-state index in [-0.39, 0.29) is 18.6 Å². The first-order valence-corrected chi connectivity index (χ1v) is 8.44. The van der Waals surface area contributed by atoms with E-state index in [4.69, 9.17) is 9.47 Å².